The van der Waals surface area contributed by atoms with Gasteiger partial charge in [0.25, 0.3) is 0 Å². The Morgan fingerprint density at radius 1 is 1.31 bits per heavy atom. The van der Waals surface area contributed by atoms with Crippen LogP contribution in [0, 0.1) is 5.92 Å². The summed E-state index contributed by atoms with van der Waals surface area (Å²) in [6.07, 6.45) is 1.44. The van der Waals surface area contributed by atoms with Crippen LogP contribution in [0.1, 0.15) is 26.0 Å². The Bertz CT molecular complexity index is 463. The molecule has 1 aromatic heterocycles. The zero-order valence-corrected chi connectivity index (χ0v) is 9.79. The quantitative estimate of drug-likeness (QED) is 0.833. The van der Waals surface area contributed by atoms with Crippen molar-refractivity contribution in [1.29, 1.82) is 0 Å². The molecule has 2 nitrogen and oxygen atoms in total. The average Bonchev–Trinajstić information content (AvgIpc) is 2.68. The summed E-state index contributed by atoms with van der Waals surface area (Å²) in [7, 11) is 0. The Hall–Kier alpha value is -1.57. The van der Waals surface area contributed by atoms with Gasteiger partial charge in [0, 0.05) is 23.5 Å². The number of H-pyrrole nitrogens is 1. The Balaban J connectivity index is 2.07. The van der Waals surface area contributed by atoms with Crippen LogP contribution in [0.4, 0.5) is 0 Å². The number of hydrogen-bond donors (Lipinski definition) is 1. The number of para-hydroxylation sites is 1. The first-order chi connectivity index (χ1) is 7.66. The average molecular weight is 215 g/mol. The molecule has 2 rings (SSSR count). The molecule has 1 heterocycles. The highest BCUT2D eigenvalue weighted by Crippen LogP contribution is 2.16. The molecular weight excluding hydrogens is 198 g/mol. The molecule has 0 bridgehead atoms. The summed E-state index contributed by atoms with van der Waals surface area (Å²) in [5, 5.41) is 1.22. The van der Waals surface area contributed by atoms with Crippen molar-refractivity contribution in [2.45, 2.75) is 26.7 Å². The van der Waals surface area contributed by atoms with Crippen molar-refractivity contribution < 1.29 is 4.79 Å². The van der Waals surface area contributed by atoms with E-state index in [0.29, 0.717) is 12.2 Å². The number of benzene rings is 1. The summed E-state index contributed by atoms with van der Waals surface area (Å²) < 4.78 is 0. The van der Waals surface area contributed by atoms with Crippen LogP contribution in [0.3, 0.4) is 0 Å². The van der Waals surface area contributed by atoms with Crippen LogP contribution in [0.25, 0.3) is 10.9 Å². The summed E-state index contributed by atoms with van der Waals surface area (Å²) in [4.78, 5) is 14.9. The van der Waals surface area contributed by atoms with Gasteiger partial charge in [0.15, 0.2) is 0 Å². The fourth-order valence-electron chi connectivity index (χ4n) is 1.81. The van der Waals surface area contributed by atoms with Crippen LogP contribution in [0.2, 0.25) is 0 Å². The lowest BCUT2D eigenvalue weighted by Crippen LogP contribution is -2.07. The molecule has 0 amide bonds. The van der Waals surface area contributed by atoms with Gasteiger partial charge in [-0.05, 0) is 23.9 Å². The van der Waals surface area contributed by atoms with Crippen molar-refractivity contribution in [3.8, 4) is 0 Å². The molecule has 0 aliphatic heterocycles. The minimum absolute atomic E-state index is 0.143. The molecule has 0 saturated heterocycles. The molecule has 2 heteroatoms. The first-order valence-electron chi connectivity index (χ1n) is 5.76. The third-order valence-electron chi connectivity index (χ3n) is 2.87. The smallest absolute Gasteiger partial charge is 0.135 e. The minimum atomic E-state index is 0.143. The second-order valence-electron chi connectivity index (χ2n) is 4.50. The third kappa shape index (κ3) is 2.32. The van der Waals surface area contributed by atoms with Crippen molar-refractivity contribution in [3.05, 3.63) is 36.0 Å². The zero-order chi connectivity index (χ0) is 11.5. The van der Waals surface area contributed by atoms with Gasteiger partial charge < -0.3 is 4.98 Å². The maximum Gasteiger partial charge on any atom is 0.135 e. The normalized spacial score (nSPS) is 11.2. The number of aromatic amines is 1. The number of fused-ring (bicyclic) bond motifs is 1. The molecular formula is C14H17NO. The summed E-state index contributed by atoms with van der Waals surface area (Å²) in [6, 6.07) is 10.3. The standard InChI is InChI=1S/C14H17NO/c1-10(2)14(16)8-7-12-9-11-5-3-4-6-13(11)15-12/h3-6,9-10,15H,7-8H2,1-2H3. The molecule has 16 heavy (non-hydrogen) atoms. The second-order valence-corrected chi connectivity index (χ2v) is 4.50. The number of hydrogen-bond acceptors (Lipinski definition) is 1. The van der Waals surface area contributed by atoms with Gasteiger partial charge in [-0.15, -0.1) is 0 Å². The van der Waals surface area contributed by atoms with Gasteiger partial charge in [-0.2, -0.15) is 0 Å². The van der Waals surface area contributed by atoms with Crippen molar-refractivity contribution in [3.63, 3.8) is 0 Å². The first-order valence-corrected chi connectivity index (χ1v) is 5.76. The molecule has 0 aliphatic carbocycles. The molecule has 0 aliphatic rings. The van der Waals surface area contributed by atoms with E-state index in [2.05, 4.69) is 23.2 Å². The highest BCUT2D eigenvalue weighted by atomic mass is 16.1. The summed E-state index contributed by atoms with van der Waals surface area (Å²) >= 11 is 0. The van der Waals surface area contributed by atoms with Gasteiger partial charge in [0.1, 0.15) is 5.78 Å². The van der Waals surface area contributed by atoms with Crippen molar-refractivity contribution in [2.24, 2.45) is 5.92 Å². The van der Waals surface area contributed by atoms with Crippen LogP contribution in [0.5, 0.6) is 0 Å². The van der Waals surface area contributed by atoms with E-state index in [-0.39, 0.29) is 5.92 Å². The topological polar surface area (TPSA) is 32.9 Å². The predicted molar refractivity (Wildman–Crippen MR) is 66.5 cm³/mol. The number of aromatic nitrogens is 1. The number of carbonyl (C=O) groups excluding carboxylic acids is 1. The third-order valence-corrected chi connectivity index (χ3v) is 2.87. The van der Waals surface area contributed by atoms with Crippen LogP contribution in [-0.2, 0) is 11.2 Å². The summed E-state index contributed by atoms with van der Waals surface area (Å²) in [5.41, 5.74) is 2.30. The SMILES string of the molecule is CC(C)C(=O)CCc1cc2ccccc2[nH]1. The lowest BCUT2D eigenvalue weighted by molar-refractivity contribution is -0.121. The van der Waals surface area contributed by atoms with E-state index in [0.717, 1.165) is 17.6 Å². The van der Waals surface area contributed by atoms with Gasteiger partial charge in [-0.25, -0.2) is 0 Å². The van der Waals surface area contributed by atoms with Crippen molar-refractivity contribution >= 4 is 16.7 Å². The van der Waals surface area contributed by atoms with Gasteiger partial charge in [-0.3, -0.25) is 4.79 Å². The van der Waals surface area contributed by atoms with Crippen LogP contribution in [0.15, 0.2) is 30.3 Å². The van der Waals surface area contributed by atoms with Crippen LogP contribution < -0.4 is 0 Å². The monoisotopic (exact) mass is 215 g/mol. The van der Waals surface area contributed by atoms with E-state index in [1.807, 2.05) is 26.0 Å². The molecule has 0 saturated carbocycles. The molecule has 0 fully saturated rings. The number of carbonyl (C=O) groups is 1. The fourth-order valence-corrected chi connectivity index (χ4v) is 1.81. The maximum absolute atomic E-state index is 11.5. The lowest BCUT2D eigenvalue weighted by atomic mass is 10.0. The van der Waals surface area contributed by atoms with Crippen molar-refractivity contribution in [2.75, 3.05) is 0 Å². The zero-order valence-electron chi connectivity index (χ0n) is 9.79. The Labute approximate surface area is 95.7 Å². The van der Waals surface area contributed by atoms with Crippen LogP contribution >= 0.6 is 0 Å². The molecule has 84 valence electrons. The lowest BCUT2D eigenvalue weighted by Gasteiger charge is -2.01. The van der Waals surface area contributed by atoms with Gasteiger partial charge in [-0.1, -0.05) is 32.0 Å². The molecule has 0 atom stereocenters. The Kier molecular flexibility index (Phi) is 3.09. The van der Waals surface area contributed by atoms with E-state index in [1.54, 1.807) is 0 Å². The number of Topliss-reactive ketones (excluding diaryl/α,β-unsaturated/α-hetero) is 1. The van der Waals surface area contributed by atoms with Crippen molar-refractivity contribution in [1.82, 2.24) is 4.98 Å². The van der Waals surface area contributed by atoms with E-state index in [9.17, 15) is 4.79 Å². The van der Waals surface area contributed by atoms with Gasteiger partial charge in [0.2, 0.25) is 0 Å². The molecule has 0 spiro atoms. The largest absolute Gasteiger partial charge is 0.358 e. The summed E-state index contributed by atoms with van der Waals surface area (Å²) in [5.74, 6) is 0.475. The second kappa shape index (κ2) is 4.52. The minimum Gasteiger partial charge on any atom is -0.358 e. The number of nitrogens with one attached hydrogen (secondary N) is 1. The Morgan fingerprint density at radius 3 is 2.75 bits per heavy atom. The maximum atomic E-state index is 11.5. The molecule has 0 unspecified atom stereocenters. The van der Waals surface area contributed by atoms with E-state index < -0.39 is 0 Å². The molecule has 2 aromatic rings. The number of rotatable bonds is 4. The van der Waals surface area contributed by atoms with Gasteiger partial charge >= 0.3 is 0 Å². The van der Waals surface area contributed by atoms with E-state index >= 15 is 0 Å². The first kappa shape index (κ1) is 10.9. The number of ketones is 1. The highest BCUT2D eigenvalue weighted by molar-refractivity contribution is 5.82. The van der Waals surface area contributed by atoms with Gasteiger partial charge in [0.05, 0.1) is 0 Å². The Morgan fingerprint density at radius 2 is 2.06 bits per heavy atom. The fraction of sp³-hybridized carbons (Fsp3) is 0.357. The van der Waals surface area contributed by atoms with E-state index in [4.69, 9.17) is 0 Å². The molecule has 1 aromatic carbocycles. The predicted octanol–water partition coefficient (Wildman–Crippen LogP) is 3.33. The highest BCUT2D eigenvalue weighted by Gasteiger charge is 2.08. The van der Waals surface area contributed by atoms with Crippen LogP contribution in [-0.4, -0.2) is 10.8 Å². The van der Waals surface area contributed by atoms with E-state index in [1.165, 1.54) is 5.39 Å². The number of aryl methyl sites for hydroxylation is 1. The summed E-state index contributed by atoms with van der Waals surface area (Å²) in [6.45, 7) is 3.90. The molecule has 1 N–H and O–H groups in total. The molecule has 0 radical (unpaired) electrons.